The number of hydrogen-bond acceptors (Lipinski definition) is 2. The summed E-state index contributed by atoms with van der Waals surface area (Å²) in [5.41, 5.74) is 0.219. The number of alkyl halides is 3. The molecule has 0 bridgehead atoms. The highest BCUT2D eigenvalue weighted by Gasteiger charge is 2.30. The van der Waals surface area contributed by atoms with Crippen molar-refractivity contribution in [3.05, 3.63) is 36.2 Å². The molecule has 0 radical (unpaired) electrons. The number of rotatable bonds is 1. The van der Waals surface area contributed by atoms with Gasteiger partial charge >= 0.3 is 6.18 Å². The van der Waals surface area contributed by atoms with Gasteiger partial charge in [-0.05, 0) is 18.2 Å². The van der Waals surface area contributed by atoms with Crippen molar-refractivity contribution in [2.24, 2.45) is 7.05 Å². The van der Waals surface area contributed by atoms with Gasteiger partial charge < -0.3 is 0 Å². The zero-order valence-corrected chi connectivity index (χ0v) is 8.36. The highest BCUT2D eigenvalue weighted by Crippen LogP contribution is 2.29. The van der Waals surface area contributed by atoms with Crippen LogP contribution in [0.1, 0.15) is 5.56 Å². The van der Waals surface area contributed by atoms with E-state index in [0.29, 0.717) is 11.4 Å². The Kier molecular flexibility index (Phi) is 2.41. The summed E-state index contributed by atoms with van der Waals surface area (Å²) in [6.07, 6.45) is -1.84. The number of aryl methyl sites for hydroxylation is 1. The molecule has 0 fully saturated rings. The van der Waals surface area contributed by atoms with Gasteiger partial charge in [0.25, 0.3) is 0 Å². The van der Waals surface area contributed by atoms with Gasteiger partial charge in [0.2, 0.25) is 0 Å². The van der Waals surface area contributed by atoms with E-state index in [1.54, 1.807) is 24.0 Å². The summed E-state index contributed by atoms with van der Waals surface area (Å²) in [7, 11) is 1.73. The molecule has 2 rings (SSSR count). The van der Waals surface area contributed by atoms with Crippen molar-refractivity contribution in [3.63, 3.8) is 0 Å². The van der Waals surface area contributed by atoms with E-state index in [4.69, 9.17) is 0 Å². The maximum atomic E-state index is 12.3. The second kappa shape index (κ2) is 3.62. The molecule has 2 heterocycles. The third kappa shape index (κ3) is 2.05. The Labute approximate surface area is 89.5 Å². The van der Waals surface area contributed by atoms with Crippen LogP contribution >= 0.6 is 0 Å². The second-order valence-corrected chi connectivity index (χ2v) is 3.30. The number of hydrogen-bond donors (Lipinski definition) is 0. The van der Waals surface area contributed by atoms with Gasteiger partial charge in [0.05, 0.1) is 11.3 Å². The number of pyridine rings is 1. The fourth-order valence-electron chi connectivity index (χ4n) is 1.26. The van der Waals surface area contributed by atoms with Crippen LogP contribution in [0.15, 0.2) is 30.6 Å². The average molecular weight is 227 g/mol. The van der Waals surface area contributed by atoms with Gasteiger partial charge in [0, 0.05) is 19.4 Å². The van der Waals surface area contributed by atoms with Gasteiger partial charge in [-0.3, -0.25) is 9.67 Å². The molecule has 2 aromatic heterocycles. The molecule has 0 aliphatic rings. The third-order valence-corrected chi connectivity index (χ3v) is 2.07. The van der Waals surface area contributed by atoms with Crippen LogP contribution in [0.4, 0.5) is 13.2 Å². The molecule has 0 unspecified atom stereocenters. The Morgan fingerprint density at radius 3 is 2.31 bits per heavy atom. The lowest BCUT2D eigenvalue weighted by Gasteiger charge is -2.05. The highest BCUT2D eigenvalue weighted by atomic mass is 19.4. The minimum absolute atomic E-state index is 0.425. The molecule has 16 heavy (non-hydrogen) atoms. The molecular formula is C10H8F3N3. The van der Waals surface area contributed by atoms with Crippen LogP contribution in [0.5, 0.6) is 0 Å². The van der Waals surface area contributed by atoms with E-state index in [2.05, 4.69) is 10.1 Å². The van der Waals surface area contributed by atoms with Crippen LogP contribution in [0.3, 0.4) is 0 Å². The zero-order valence-electron chi connectivity index (χ0n) is 8.36. The lowest BCUT2D eigenvalue weighted by Crippen LogP contribution is -2.05. The van der Waals surface area contributed by atoms with Crippen molar-refractivity contribution in [2.45, 2.75) is 6.18 Å². The van der Waals surface area contributed by atoms with E-state index in [0.717, 1.165) is 12.3 Å². The summed E-state index contributed by atoms with van der Waals surface area (Å²) in [5.74, 6) is 0. The SMILES string of the molecule is Cn1ccc(-c2ccc(C(F)(F)F)cn2)n1. The molecule has 3 nitrogen and oxygen atoms in total. The first-order chi connectivity index (χ1) is 7.47. The van der Waals surface area contributed by atoms with E-state index in [-0.39, 0.29) is 0 Å². The Morgan fingerprint density at radius 2 is 1.88 bits per heavy atom. The minimum atomic E-state index is -4.35. The van der Waals surface area contributed by atoms with E-state index in [1.165, 1.54) is 6.07 Å². The normalized spacial score (nSPS) is 11.8. The Balaban J connectivity index is 2.33. The number of nitrogens with zero attached hydrogens (tertiary/aromatic N) is 3. The molecule has 0 aromatic carbocycles. The van der Waals surface area contributed by atoms with Gasteiger partial charge in [-0.1, -0.05) is 0 Å². The molecule has 6 heteroatoms. The lowest BCUT2D eigenvalue weighted by atomic mass is 10.2. The highest BCUT2D eigenvalue weighted by molar-refractivity contribution is 5.53. The largest absolute Gasteiger partial charge is 0.417 e. The van der Waals surface area contributed by atoms with Crippen LogP contribution in [0.25, 0.3) is 11.4 Å². The molecule has 0 amide bonds. The lowest BCUT2D eigenvalue weighted by molar-refractivity contribution is -0.137. The van der Waals surface area contributed by atoms with Crippen LogP contribution < -0.4 is 0 Å². The van der Waals surface area contributed by atoms with Crippen LogP contribution in [-0.4, -0.2) is 14.8 Å². The van der Waals surface area contributed by atoms with E-state index >= 15 is 0 Å². The fraction of sp³-hybridized carbons (Fsp3) is 0.200. The average Bonchev–Trinajstić information content (AvgIpc) is 2.64. The second-order valence-electron chi connectivity index (χ2n) is 3.30. The van der Waals surface area contributed by atoms with Gasteiger partial charge in [-0.25, -0.2) is 0 Å². The molecule has 0 N–H and O–H groups in total. The Bertz CT molecular complexity index is 485. The zero-order chi connectivity index (χ0) is 11.8. The minimum Gasteiger partial charge on any atom is -0.275 e. The summed E-state index contributed by atoms with van der Waals surface area (Å²) >= 11 is 0. The third-order valence-electron chi connectivity index (χ3n) is 2.07. The molecule has 0 spiro atoms. The first-order valence-corrected chi connectivity index (χ1v) is 4.50. The van der Waals surface area contributed by atoms with Crippen LogP contribution in [0, 0.1) is 0 Å². The van der Waals surface area contributed by atoms with E-state index < -0.39 is 11.7 Å². The van der Waals surface area contributed by atoms with Gasteiger partial charge in [0.15, 0.2) is 0 Å². The molecule has 0 aliphatic heterocycles. The van der Waals surface area contributed by atoms with Gasteiger partial charge in [-0.15, -0.1) is 0 Å². The fourth-order valence-corrected chi connectivity index (χ4v) is 1.26. The van der Waals surface area contributed by atoms with Gasteiger partial charge in [0.1, 0.15) is 5.69 Å². The smallest absolute Gasteiger partial charge is 0.275 e. The van der Waals surface area contributed by atoms with Crippen LogP contribution in [0.2, 0.25) is 0 Å². The monoisotopic (exact) mass is 227 g/mol. The number of aromatic nitrogens is 3. The molecule has 0 saturated heterocycles. The van der Waals surface area contributed by atoms with E-state index in [1.807, 2.05) is 0 Å². The standard InChI is InChI=1S/C10H8F3N3/c1-16-5-4-9(15-16)8-3-2-7(6-14-8)10(11,12)13/h2-6H,1H3. The van der Waals surface area contributed by atoms with Crippen molar-refractivity contribution in [1.29, 1.82) is 0 Å². The molecular weight excluding hydrogens is 219 g/mol. The van der Waals surface area contributed by atoms with Crippen molar-refractivity contribution >= 4 is 0 Å². The molecule has 0 atom stereocenters. The summed E-state index contributed by atoms with van der Waals surface area (Å²) in [4.78, 5) is 3.73. The quantitative estimate of drug-likeness (QED) is 0.749. The molecule has 84 valence electrons. The topological polar surface area (TPSA) is 30.7 Å². The summed E-state index contributed by atoms with van der Waals surface area (Å²) in [6.45, 7) is 0. The van der Waals surface area contributed by atoms with E-state index in [9.17, 15) is 13.2 Å². The van der Waals surface area contributed by atoms with Crippen molar-refractivity contribution in [2.75, 3.05) is 0 Å². The molecule has 2 aromatic rings. The Hall–Kier alpha value is -1.85. The maximum Gasteiger partial charge on any atom is 0.417 e. The van der Waals surface area contributed by atoms with Gasteiger partial charge in [-0.2, -0.15) is 18.3 Å². The predicted octanol–water partition coefficient (Wildman–Crippen LogP) is 2.50. The molecule has 0 aliphatic carbocycles. The first-order valence-electron chi connectivity index (χ1n) is 4.50. The van der Waals surface area contributed by atoms with Crippen molar-refractivity contribution < 1.29 is 13.2 Å². The maximum absolute atomic E-state index is 12.3. The summed E-state index contributed by atoms with van der Waals surface area (Å²) < 4.78 is 38.4. The predicted molar refractivity (Wildman–Crippen MR) is 51.4 cm³/mol. The first kappa shape index (κ1) is 10.7. The van der Waals surface area contributed by atoms with Crippen LogP contribution in [-0.2, 0) is 13.2 Å². The number of halogens is 3. The Morgan fingerprint density at radius 1 is 1.12 bits per heavy atom. The van der Waals surface area contributed by atoms with Crippen molar-refractivity contribution in [1.82, 2.24) is 14.8 Å². The summed E-state index contributed by atoms with van der Waals surface area (Å²) in [6, 6.07) is 4.00. The molecule has 0 saturated carbocycles. The summed E-state index contributed by atoms with van der Waals surface area (Å²) in [5, 5.41) is 4.05. The van der Waals surface area contributed by atoms with Crippen molar-refractivity contribution in [3.8, 4) is 11.4 Å².